The number of benzene rings is 2. The van der Waals surface area contributed by atoms with Gasteiger partial charge in [-0.2, -0.15) is 5.26 Å². The van der Waals surface area contributed by atoms with Gasteiger partial charge in [0.05, 0.1) is 14.2 Å². The number of nitrogens with zero attached hydrogens (tertiary/aromatic N) is 1. The van der Waals surface area contributed by atoms with Crippen LogP contribution < -0.4 is 24.3 Å². The highest BCUT2D eigenvalue weighted by Gasteiger charge is 2.14. The summed E-state index contributed by atoms with van der Waals surface area (Å²) in [7, 11) is 3.06. The zero-order valence-electron chi connectivity index (χ0n) is 14.9. The van der Waals surface area contributed by atoms with Crippen molar-refractivity contribution in [3.8, 4) is 29.1 Å². The molecule has 0 fully saturated rings. The molecule has 0 saturated heterocycles. The molecule has 7 heteroatoms. The van der Waals surface area contributed by atoms with Gasteiger partial charge in [-0.3, -0.25) is 4.79 Å². The van der Waals surface area contributed by atoms with Crippen LogP contribution >= 0.6 is 0 Å². The lowest BCUT2D eigenvalue weighted by molar-refractivity contribution is -0.117. The third kappa shape index (κ3) is 4.12. The van der Waals surface area contributed by atoms with Gasteiger partial charge in [-0.15, -0.1) is 0 Å². The molecule has 1 aliphatic heterocycles. The number of fused-ring (bicyclic) bond motifs is 1. The molecule has 3 rings (SSSR count). The van der Waals surface area contributed by atoms with Crippen molar-refractivity contribution in [3.05, 3.63) is 53.1 Å². The molecule has 1 aliphatic rings. The number of methoxy groups -OCH3 is 2. The van der Waals surface area contributed by atoms with E-state index in [2.05, 4.69) is 5.32 Å². The maximum atomic E-state index is 12.3. The average molecular weight is 366 g/mol. The Morgan fingerprint density at radius 2 is 1.93 bits per heavy atom. The molecule has 0 saturated carbocycles. The van der Waals surface area contributed by atoms with Gasteiger partial charge in [-0.1, -0.05) is 12.1 Å². The molecule has 0 aliphatic carbocycles. The molecule has 1 heterocycles. The zero-order chi connectivity index (χ0) is 19.2. The minimum Gasteiger partial charge on any atom is -0.493 e. The summed E-state index contributed by atoms with van der Waals surface area (Å²) < 4.78 is 21.0. The van der Waals surface area contributed by atoms with Crippen molar-refractivity contribution in [2.24, 2.45) is 0 Å². The van der Waals surface area contributed by atoms with E-state index in [1.807, 2.05) is 12.1 Å². The molecular formula is C20H18N2O5. The smallest absolute Gasteiger partial charge is 0.262 e. The van der Waals surface area contributed by atoms with Gasteiger partial charge < -0.3 is 24.3 Å². The molecule has 2 aromatic carbocycles. The standard InChI is InChI=1S/C20H18N2O5/c1-24-16-5-3-13(8-18(16)25-2)7-15(10-21)20(23)22-11-14-4-6-17-19(9-14)27-12-26-17/h3-9H,11-12H2,1-2H3,(H,22,23)/b15-7+. The van der Waals surface area contributed by atoms with Crippen molar-refractivity contribution < 1.29 is 23.7 Å². The number of nitriles is 1. The van der Waals surface area contributed by atoms with Gasteiger partial charge in [0.15, 0.2) is 23.0 Å². The Balaban J connectivity index is 1.70. The first-order chi connectivity index (χ1) is 13.1. The molecule has 1 amide bonds. The summed E-state index contributed by atoms with van der Waals surface area (Å²) in [4.78, 5) is 12.3. The molecule has 7 nitrogen and oxygen atoms in total. The Kier molecular flexibility index (Phi) is 5.47. The van der Waals surface area contributed by atoms with Crippen LogP contribution in [-0.4, -0.2) is 26.9 Å². The van der Waals surface area contributed by atoms with Gasteiger partial charge in [-0.25, -0.2) is 0 Å². The highest BCUT2D eigenvalue weighted by molar-refractivity contribution is 6.01. The van der Waals surface area contributed by atoms with Gasteiger partial charge in [0.1, 0.15) is 11.6 Å². The Labute approximate surface area is 156 Å². The Morgan fingerprint density at radius 1 is 1.15 bits per heavy atom. The van der Waals surface area contributed by atoms with Crippen LogP contribution in [0.3, 0.4) is 0 Å². The first kappa shape index (κ1) is 18.1. The molecular weight excluding hydrogens is 348 g/mol. The van der Waals surface area contributed by atoms with E-state index in [4.69, 9.17) is 18.9 Å². The first-order valence-electron chi connectivity index (χ1n) is 8.15. The Hall–Kier alpha value is -3.66. The van der Waals surface area contributed by atoms with Crippen LogP contribution in [0.15, 0.2) is 42.0 Å². The number of carbonyl (C=O) groups is 1. The SMILES string of the molecule is COc1ccc(/C=C(\C#N)C(=O)NCc2ccc3c(c2)OCO3)cc1OC. The zero-order valence-corrected chi connectivity index (χ0v) is 14.9. The van der Waals surface area contributed by atoms with Crippen LogP contribution in [0.4, 0.5) is 0 Å². The van der Waals surface area contributed by atoms with Gasteiger partial charge in [0, 0.05) is 6.54 Å². The van der Waals surface area contributed by atoms with Crippen molar-refractivity contribution in [2.75, 3.05) is 21.0 Å². The summed E-state index contributed by atoms with van der Waals surface area (Å²) >= 11 is 0. The molecule has 0 radical (unpaired) electrons. The summed E-state index contributed by atoms with van der Waals surface area (Å²) in [5.74, 6) is 1.94. The lowest BCUT2D eigenvalue weighted by Gasteiger charge is -2.08. The lowest BCUT2D eigenvalue weighted by atomic mass is 10.1. The van der Waals surface area contributed by atoms with Gasteiger partial charge >= 0.3 is 0 Å². The number of rotatable bonds is 6. The highest BCUT2D eigenvalue weighted by Crippen LogP contribution is 2.32. The average Bonchev–Trinajstić information content (AvgIpc) is 3.17. The summed E-state index contributed by atoms with van der Waals surface area (Å²) in [6, 6.07) is 12.5. The normalized spacial score (nSPS) is 12.3. The second-order valence-corrected chi connectivity index (χ2v) is 5.65. The van der Waals surface area contributed by atoms with E-state index >= 15 is 0 Å². The number of ether oxygens (including phenoxy) is 4. The second kappa shape index (κ2) is 8.15. The van der Waals surface area contributed by atoms with E-state index in [-0.39, 0.29) is 18.9 Å². The fourth-order valence-corrected chi connectivity index (χ4v) is 2.59. The number of nitrogens with one attached hydrogen (secondary N) is 1. The maximum Gasteiger partial charge on any atom is 0.262 e. The first-order valence-corrected chi connectivity index (χ1v) is 8.15. The number of amides is 1. The molecule has 0 bridgehead atoms. The minimum absolute atomic E-state index is 0.0111. The third-order valence-corrected chi connectivity index (χ3v) is 3.97. The molecule has 1 N–H and O–H groups in total. The summed E-state index contributed by atoms with van der Waals surface area (Å²) in [5, 5.41) is 12.1. The largest absolute Gasteiger partial charge is 0.493 e. The summed E-state index contributed by atoms with van der Waals surface area (Å²) in [6.07, 6.45) is 1.50. The molecule has 27 heavy (non-hydrogen) atoms. The van der Waals surface area contributed by atoms with E-state index in [0.717, 1.165) is 5.56 Å². The van der Waals surface area contributed by atoms with Crippen molar-refractivity contribution >= 4 is 12.0 Å². The van der Waals surface area contributed by atoms with Gasteiger partial charge in [0.2, 0.25) is 6.79 Å². The van der Waals surface area contributed by atoms with Crippen LogP contribution in [-0.2, 0) is 11.3 Å². The van der Waals surface area contributed by atoms with Crippen LogP contribution in [0.5, 0.6) is 23.0 Å². The lowest BCUT2D eigenvalue weighted by Crippen LogP contribution is -2.23. The van der Waals surface area contributed by atoms with E-state index in [9.17, 15) is 10.1 Å². The van der Waals surface area contributed by atoms with E-state index in [1.54, 1.807) is 30.3 Å². The highest BCUT2D eigenvalue weighted by atomic mass is 16.7. The molecule has 2 aromatic rings. The van der Waals surface area contributed by atoms with E-state index < -0.39 is 5.91 Å². The Bertz CT molecular complexity index is 930. The predicted octanol–water partition coefficient (Wildman–Crippen LogP) is 2.66. The van der Waals surface area contributed by atoms with Crippen molar-refractivity contribution in [1.29, 1.82) is 5.26 Å². The van der Waals surface area contributed by atoms with Crippen molar-refractivity contribution in [1.82, 2.24) is 5.32 Å². The summed E-state index contributed by atoms with van der Waals surface area (Å²) in [6.45, 7) is 0.457. The molecule has 0 atom stereocenters. The van der Waals surface area contributed by atoms with Crippen LogP contribution in [0.1, 0.15) is 11.1 Å². The number of hydrogen-bond acceptors (Lipinski definition) is 6. The molecule has 138 valence electrons. The monoisotopic (exact) mass is 366 g/mol. The molecule has 0 aromatic heterocycles. The third-order valence-electron chi connectivity index (χ3n) is 3.97. The van der Waals surface area contributed by atoms with E-state index in [0.29, 0.717) is 28.6 Å². The van der Waals surface area contributed by atoms with Crippen molar-refractivity contribution in [2.45, 2.75) is 6.54 Å². The van der Waals surface area contributed by atoms with Crippen LogP contribution in [0.25, 0.3) is 6.08 Å². The number of hydrogen-bond donors (Lipinski definition) is 1. The predicted molar refractivity (Wildman–Crippen MR) is 97.5 cm³/mol. The quantitative estimate of drug-likeness (QED) is 0.624. The fraction of sp³-hybridized carbons (Fsp3) is 0.200. The number of carbonyl (C=O) groups excluding carboxylic acids is 1. The van der Waals surface area contributed by atoms with Gasteiger partial charge in [0.25, 0.3) is 5.91 Å². The van der Waals surface area contributed by atoms with E-state index in [1.165, 1.54) is 20.3 Å². The summed E-state index contributed by atoms with van der Waals surface area (Å²) in [5.41, 5.74) is 1.49. The fourth-order valence-electron chi connectivity index (χ4n) is 2.59. The molecule has 0 unspecified atom stereocenters. The van der Waals surface area contributed by atoms with Crippen LogP contribution in [0.2, 0.25) is 0 Å². The van der Waals surface area contributed by atoms with Gasteiger partial charge in [-0.05, 0) is 41.5 Å². The minimum atomic E-state index is -0.468. The second-order valence-electron chi connectivity index (χ2n) is 5.65. The van der Waals surface area contributed by atoms with Crippen molar-refractivity contribution in [3.63, 3.8) is 0 Å². The topological polar surface area (TPSA) is 89.8 Å². The molecule has 0 spiro atoms. The Morgan fingerprint density at radius 3 is 2.67 bits per heavy atom. The maximum absolute atomic E-state index is 12.3. The van der Waals surface area contributed by atoms with Crippen LogP contribution in [0, 0.1) is 11.3 Å².